The molecule has 2 aromatic carbocycles. The van der Waals surface area contributed by atoms with Crippen molar-refractivity contribution < 1.29 is 18.7 Å². The van der Waals surface area contributed by atoms with Crippen molar-refractivity contribution in [1.29, 1.82) is 0 Å². The van der Waals surface area contributed by atoms with E-state index in [0.717, 1.165) is 22.6 Å². The molecule has 170 valence electrons. The van der Waals surface area contributed by atoms with Gasteiger partial charge in [0.15, 0.2) is 0 Å². The number of furan rings is 1. The summed E-state index contributed by atoms with van der Waals surface area (Å²) in [7, 11) is 5.09. The molecule has 1 N–H and O–H groups in total. The van der Waals surface area contributed by atoms with Gasteiger partial charge in [0.25, 0.3) is 0 Å². The predicted octanol–water partition coefficient (Wildman–Crippen LogP) is 4.54. The second kappa shape index (κ2) is 10.1. The van der Waals surface area contributed by atoms with Crippen LogP contribution in [0.5, 0.6) is 11.5 Å². The zero-order chi connectivity index (χ0) is 23.2. The third kappa shape index (κ3) is 5.26. The molecule has 0 aliphatic rings. The van der Waals surface area contributed by atoms with E-state index in [9.17, 15) is 4.79 Å². The summed E-state index contributed by atoms with van der Waals surface area (Å²) in [6, 6.07) is 18.8. The fraction of sp³-hybridized carbons (Fsp3) is 0.231. The van der Waals surface area contributed by atoms with Crippen molar-refractivity contribution in [2.45, 2.75) is 18.9 Å². The number of aryl methyl sites for hydroxylation is 2. The first-order chi connectivity index (χ1) is 16.1. The van der Waals surface area contributed by atoms with E-state index in [-0.39, 0.29) is 12.3 Å². The van der Waals surface area contributed by atoms with Crippen LogP contribution in [-0.2, 0) is 18.3 Å². The Balaban J connectivity index is 1.50. The lowest BCUT2D eigenvalue weighted by Crippen LogP contribution is -2.31. The third-order valence-electron chi connectivity index (χ3n) is 5.45. The summed E-state index contributed by atoms with van der Waals surface area (Å²) in [4.78, 5) is 17.4. The first kappa shape index (κ1) is 22.2. The predicted molar refractivity (Wildman–Crippen MR) is 125 cm³/mol. The molecule has 4 aromatic rings. The van der Waals surface area contributed by atoms with Crippen LogP contribution in [0.1, 0.15) is 29.6 Å². The molecule has 7 nitrogen and oxygen atoms in total. The Morgan fingerprint density at radius 1 is 1.06 bits per heavy atom. The number of hydrogen-bond donors (Lipinski definition) is 1. The van der Waals surface area contributed by atoms with E-state index >= 15 is 0 Å². The smallest absolute Gasteiger partial charge is 0.221 e. The van der Waals surface area contributed by atoms with Crippen molar-refractivity contribution in [2.24, 2.45) is 7.05 Å². The van der Waals surface area contributed by atoms with Crippen LogP contribution in [0.2, 0.25) is 0 Å². The number of carbonyl (C=O) groups is 1. The minimum atomic E-state index is -0.460. The molecule has 2 aromatic heterocycles. The van der Waals surface area contributed by atoms with Crippen LogP contribution in [0.15, 0.2) is 77.5 Å². The normalized spacial score (nSPS) is 11.7. The van der Waals surface area contributed by atoms with Crippen molar-refractivity contribution in [3.8, 4) is 22.8 Å². The summed E-state index contributed by atoms with van der Waals surface area (Å²) >= 11 is 0. The molecule has 0 aliphatic carbocycles. The number of amides is 1. The highest BCUT2D eigenvalue weighted by atomic mass is 16.5. The third-order valence-corrected chi connectivity index (χ3v) is 5.45. The molecule has 33 heavy (non-hydrogen) atoms. The van der Waals surface area contributed by atoms with E-state index in [2.05, 4.69) is 10.3 Å². The van der Waals surface area contributed by atoms with Crippen LogP contribution in [0.4, 0.5) is 0 Å². The maximum Gasteiger partial charge on any atom is 0.221 e. The zero-order valence-corrected chi connectivity index (χ0v) is 18.9. The van der Waals surface area contributed by atoms with Gasteiger partial charge in [-0.05, 0) is 29.8 Å². The van der Waals surface area contributed by atoms with E-state index in [1.54, 1.807) is 26.5 Å². The van der Waals surface area contributed by atoms with Gasteiger partial charge in [0.1, 0.15) is 34.9 Å². The Morgan fingerprint density at radius 3 is 2.42 bits per heavy atom. The van der Waals surface area contributed by atoms with Gasteiger partial charge in [0.05, 0.1) is 14.2 Å². The quantitative estimate of drug-likeness (QED) is 0.409. The molecule has 0 bridgehead atoms. The molecule has 0 spiro atoms. The Kier molecular flexibility index (Phi) is 6.78. The largest absolute Gasteiger partial charge is 0.497 e. The number of carbonyl (C=O) groups excluding carboxylic acids is 1. The summed E-state index contributed by atoms with van der Waals surface area (Å²) in [6.45, 7) is 0. The number of ether oxygens (including phenoxy) is 2. The van der Waals surface area contributed by atoms with E-state index in [0.29, 0.717) is 23.7 Å². The minimum absolute atomic E-state index is 0.109. The average Bonchev–Trinajstić information content (AvgIpc) is 3.50. The van der Waals surface area contributed by atoms with E-state index in [4.69, 9.17) is 13.9 Å². The molecule has 2 heterocycles. The maximum absolute atomic E-state index is 12.9. The second-order valence-electron chi connectivity index (χ2n) is 7.67. The van der Waals surface area contributed by atoms with E-state index in [1.165, 1.54) is 0 Å². The summed E-state index contributed by atoms with van der Waals surface area (Å²) in [5.74, 6) is 3.44. The second-order valence-corrected chi connectivity index (χ2v) is 7.67. The lowest BCUT2D eigenvalue weighted by atomic mass is 10.0. The number of benzene rings is 2. The molecule has 1 unspecified atom stereocenters. The number of imidazole rings is 1. The molecular formula is C26H27N3O4. The van der Waals surface area contributed by atoms with E-state index in [1.807, 2.05) is 72.4 Å². The van der Waals surface area contributed by atoms with Gasteiger partial charge in [-0.2, -0.15) is 0 Å². The number of methoxy groups -OCH3 is 2. The number of aromatic nitrogens is 2. The van der Waals surface area contributed by atoms with Gasteiger partial charge >= 0.3 is 0 Å². The van der Waals surface area contributed by atoms with Gasteiger partial charge in [-0.1, -0.05) is 30.3 Å². The number of hydrogen-bond acceptors (Lipinski definition) is 5. The van der Waals surface area contributed by atoms with Gasteiger partial charge in [0.2, 0.25) is 5.91 Å². The molecule has 1 atom stereocenters. The van der Waals surface area contributed by atoms with Crippen LogP contribution in [0, 0.1) is 0 Å². The first-order valence-electron chi connectivity index (χ1n) is 10.7. The zero-order valence-electron chi connectivity index (χ0n) is 18.9. The molecule has 4 rings (SSSR count). The first-order valence-corrected chi connectivity index (χ1v) is 10.7. The van der Waals surface area contributed by atoms with Crippen LogP contribution in [0.3, 0.4) is 0 Å². The molecular weight excluding hydrogens is 418 g/mol. The van der Waals surface area contributed by atoms with Crippen LogP contribution < -0.4 is 14.8 Å². The number of nitrogens with zero attached hydrogens (tertiary/aromatic N) is 2. The summed E-state index contributed by atoms with van der Waals surface area (Å²) in [5, 5.41) is 3.11. The van der Waals surface area contributed by atoms with Crippen molar-refractivity contribution in [2.75, 3.05) is 14.2 Å². The van der Waals surface area contributed by atoms with Crippen LogP contribution in [0.25, 0.3) is 11.3 Å². The maximum atomic E-state index is 12.9. The van der Waals surface area contributed by atoms with Crippen LogP contribution in [-0.4, -0.2) is 29.7 Å². The summed E-state index contributed by atoms with van der Waals surface area (Å²) in [6.07, 6.45) is 4.33. The fourth-order valence-electron chi connectivity index (χ4n) is 3.69. The average molecular weight is 446 g/mol. The van der Waals surface area contributed by atoms with Crippen molar-refractivity contribution in [1.82, 2.24) is 14.9 Å². The highest BCUT2D eigenvalue weighted by molar-refractivity contribution is 5.77. The Labute approximate surface area is 193 Å². The fourth-order valence-corrected chi connectivity index (χ4v) is 3.69. The molecule has 0 aliphatic heterocycles. The molecule has 0 saturated carbocycles. The monoisotopic (exact) mass is 445 g/mol. The highest BCUT2D eigenvalue weighted by Gasteiger charge is 2.22. The van der Waals surface area contributed by atoms with Gasteiger partial charge < -0.3 is 23.8 Å². The van der Waals surface area contributed by atoms with Gasteiger partial charge in [-0.15, -0.1) is 0 Å². The molecule has 1 amide bonds. The topological polar surface area (TPSA) is 78.5 Å². The highest BCUT2D eigenvalue weighted by Crippen LogP contribution is 2.29. The lowest BCUT2D eigenvalue weighted by molar-refractivity contribution is -0.121. The van der Waals surface area contributed by atoms with Crippen molar-refractivity contribution >= 4 is 5.91 Å². The summed E-state index contributed by atoms with van der Waals surface area (Å²) < 4.78 is 18.6. The standard InChI is InChI=1S/C26H27N3O4/c1-29-14-13-27-26(29)25(19-15-21(31-2)17-22(16-19)32-3)28-24(30)12-10-20-9-11-23(33-20)18-7-5-4-6-8-18/h4-9,11,13-17,25H,10,12H2,1-3H3,(H,28,30). The molecule has 7 heteroatoms. The molecule has 0 saturated heterocycles. The molecule has 0 radical (unpaired) electrons. The number of nitrogens with one attached hydrogen (secondary N) is 1. The van der Waals surface area contributed by atoms with Gasteiger partial charge in [-0.25, -0.2) is 4.98 Å². The van der Waals surface area contributed by atoms with Crippen molar-refractivity contribution in [3.63, 3.8) is 0 Å². The van der Waals surface area contributed by atoms with Gasteiger partial charge in [0, 0.05) is 43.9 Å². The Morgan fingerprint density at radius 2 is 1.79 bits per heavy atom. The van der Waals surface area contributed by atoms with E-state index < -0.39 is 6.04 Å². The number of rotatable bonds is 9. The molecule has 0 fully saturated rings. The van der Waals surface area contributed by atoms with Crippen LogP contribution >= 0.6 is 0 Å². The lowest BCUT2D eigenvalue weighted by Gasteiger charge is -2.20. The van der Waals surface area contributed by atoms with Crippen molar-refractivity contribution in [3.05, 3.63) is 90.2 Å². The minimum Gasteiger partial charge on any atom is -0.497 e. The Hall–Kier alpha value is -4.00. The SMILES string of the molecule is COc1cc(OC)cc(C(NC(=O)CCc2ccc(-c3ccccc3)o2)c2nccn2C)c1. The summed E-state index contributed by atoms with van der Waals surface area (Å²) in [5.41, 5.74) is 1.83. The Bertz CT molecular complexity index is 1190. The van der Waals surface area contributed by atoms with Gasteiger partial charge in [-0.3, -0.25) is 4.79 Å².